The Labute approximate surface area is 157 Å². The van der Waals surface area contributed by atoms with Gasteiger partial charge in [-0.3, -0.25) is 9.78 Å². The number of amides is 1. The minimum Gasteiger partial charge on any atom is -0.348 e. The molecule has 6 heteroatoms. The summed E-state index contributed by atoms with van der Waals surface area (Å²) in [5.41, 5.74) is 4.09. The van der Waals surface area contributed by atoms with Crippen LogP contribution in [0.4, 0.5) is 0 Å². The van der Waals surface area contributed by atoms with Crippen molar-refractivity contribution in [3.63, 3.8) is 0 Å². The molecule has 0 bridgehead atoms. The van der Waals surface area contributed by atoms with E-state index in [4.69, 9.17) is 16.7 Å². The molecule has 0 aliphatic heterocycles. The fourth-order valence-electron chi connectivity index (χ4n) is 3.08. The van der Waals surface area contributed by atoms with Gasteiger partial charge in [0.05, 0.1) is 27.7 Å². The highest BCUT2D eigenvalue weighted by atomic mass is 35.5. The number of nitrogens with zero attached hydrogens (tertiary/aromatic N) is 3. The lowest BCUT2D eigenvalue weighted by molar-refractivity contribution is 0.0949. The van der Waals surface area contributed by atoms with Gasteiger partial charge in [-0.1, -0.05) is 29.8 Å². The maximum absolute atomic E-state index is 12.9. The quantitative estimate of drug-likeness (QED) is 0.741. The SMILES string of the molecule is Cc1c(C(=O)NCc2cccnc2)c(C2CC2)nn1-c1ccccc1Cl. The summed E-state index contributed by atoms with van der Waals surface area (Å²) >= 11 is 6.34. The van der Waals surface area contributed by atoms with Gasteiger partial charge < -0.3 is 5.32 Å². The molecule has 1 aliphatic rings. The van der Waals surface area contributed by atoms with Crippen LogP contribution in [0.2, 0.25) is 5.02 Å². The third kappa shape index (κ3) is 3.22. The Balaban J connectivity index is 1.67. The Kier molecular flexibility index (Phi) is 4.47. The van der Waals surface area contributed by atoms with Gasteiger partial charge in [0.2, 0.25) is 0 Å². The van der Waals surface area contributed by atoms with E-state index in [2.05, 4.69) is 10.3 Å². The van der Waals surface area contributed by atoms with Crippen LogP contribution >= 0.6 is 11.6 Å². The molecule has 0 atom stereocenters. The van der Waals surface area contributed by atoms with Gasteiger partial charge in [-0.15, -0.1) is 0 Å². The summed E-state index contributed by atoms with van der Waals surface area (Å²) in [6.45, 7) is 2.36. The molecule has 0 unspecified atom stereocenters. The van der Waals surface area contributed by atoms with Crippen molar-refractivity contribution in [2.24, 2.45) is 0 Å². The van der Waals surface area contributed by atoms with Crippen LogP contribution < -0.4 is 5.32 Å². The topological polar surface area (TPSA) is 59.8 Å². The number of rotatable bonds is 5. The largest absolute Gasteiger partial charge is 0.348 e. The van der Waals surface area contributed by atoms with Crippen molar-refractivity contribution in [2.75, 3.05) is 0 Å². The van der Waals surface area contributed by atoms with Crippen LogP contribution in [0.25, 0.3) is 5.69 Å². The van der Waals surface area contributed by atoms with Gasteiger partial charge in [-0.25, -0.2) is 4.68 Å². The molecule has 0 spiro atoms. The van der Waals surface area contributed by atoms with E-state index in [-0.39, 0.29) is 5.91 Å². The highest BCUT2D eigenvalue weighted by Gasteiger charge is 2.33. The second-order valence-electron chi connectivity index (χ2n) is 6.53. The predicted molar refractivity (Wildman–Crippen MR) is 101 cm³/mol. The number of hydrogen-bond donors (Lipinski definition) is 1. The number of hydrogen-bond acceptors (Lipinski definition) is 3. The summed E-state index contributed by atoms with van der Waals surface area (Å²) in [6.07, 6.45) is 5.61. The number of nitrogens with one attached hydrogen (secondary N) is 1. The van der Waals surface area contributed by atoms with Crippen molar-refractivity contribution < 1.29 is 4.79 Å². The lowest BCUT2D eigenvalue weighted by Gasteiger charge is -2.08. The third-order valence-electron chi connectivity index (χ3n) is 4.59. The van der Waals surface area contributed by atoms with Crippen molar-refractivity contribution in [1.82, 2.24) is 20.1 Å². The van der Waals surface area contributed by atoms with Gasteiger partial charge in [0.1, 0.15) is 0 Å². The van der Waals surface area contributed by atoms with Gasteiger partial charge in [-0.2, -0.15) is 5.10 Å². The zero-order chi connectivity index (χ0) is 18.1. The van der Waals surface area contributed by atoms with Crippen molar-refractivity contribution >= 4 is 17.5 Å². The lowest BCUT2D eigenvalue weighted by Crippen LogP contribution is -2.24. The molecule has 5 nitrogen and oxygen atoms in total. The molecular formula is C20H19ClN4O. The van der Waals surface area contributed by atoms with Crippen LogP contribution in [0, 0.1) is 6.92 Å². The second kappa shape index (κ2) is 6.92. The molecule has 1 N–H and O–H groups in total. The number of para-hydroxylation sites is 1. The number of halogens is 1. The molecular weight excluding hydrogens is 348 g/mol. The average molecular weight is 367 g/mol. The van der Waals surface area contributed by atoms with Crippen LogP contribution in [0.1, 0.15) is 46.1 Å². The Hall–Kier alpha value is -2.66. The number of carbonyl (C=O) groups is 1. The van der Waals surface area contributed by atoms with Crippen molar-refractivity contribution in [3.8, 4) is 5.69 Å². The fourth-order valence-corrected chi connectivity index (χ4v) is 3.29. The Bertz CT molecular complexity index is 948. The third-order valence-corrected chi connectivity index (χ3v) is 4.91. The predicted octanol–water partition coefficient (Wildman–Crippen LogP) is 4.04. The van der Waals surface area contributed by atoms with Crippen LogP contribution in [0.5, 0.6) is 0 Å². The number of aromatic nitrogens is 3. The van der Waals surface area contributed by atoms with Crippen LogP contribution in [0.15, 0.2) is 48.8 Å². The number of pyridine rings is 1. The molecule has 4 rings (SSSR count). The van der Waals surface area contributed by atoms with E-state index in [0.717, 1.165) is 35.5 Å². The molecule has 0 radical (unpaired) electrons. The van der Waals surface area contributed by atoms with E-state index in [1.165, 1.54) is 0 Å². The maximum Gasteiger partial charge on any atom is 0.255 e. The summed E-state index contributed by atoms with van der Waals surface area (Å²) in [6, 6.07) is 11.3. The molecule has 1 aliphatic carbocycles. The first-order chi connectivity index (χ1) is 12.6. The van der Waals surface area contributed by atoms with Crippen molar-refractivity contribution in [2.45, 2.75) is 32.2 Å². The highest BCUT2D eigenvalue weighted by Crippen LogP contribution is 2.42. The number of benzene rings is 1. The van der Waals surface area contributed by atoms with Crippen molar-refractivity contribution in [3.05, 3.63) is 76.3 Å². The molecule has 2 heterocycles. The lowest BCUT2D eigenvalue weighted by atomic mass is 10.1. The minimum atomic E-state index is -0.105. The first-order valence-electron chi connectivity index (χ1n) is 8.66. The molecule has 1 amide bonds. The van der Waals surface area contributed by atoms with Gasteiger partial charge in [0.25, 0.3) is 5.91 Å². The van der Waals surface area contributed by atoms with Gasteiger partial charge in [0, 0.05) is 24.9 Å². The standard InChI is InChI=1S/C20H19ClN4O/c1-13-18(20(26)23-12-14-5-4-10-22-11-14)19(15-8-9-15)24-25(13)17-7-3-2-6-16(17)21/h2-7,10-11,15H,8-9,12H2,1H3,(H,23,26). The van der Waals surface area contributed by atoms with Crippen LogP contribution in [-0.2, 0) is 6.54 Å². The Morgan fingerprint density at radius 1 is 1.27 bits per heavy atom. The zero-order valence-corrected chi connectivity index (χ0v) is 15.2. The van der Waals surface area contributed by atoms with Gasteiger partial charge in [0.15, 0.2) is 0 Å². The molecule has 3 aromatic rings. The molecule has 1 saturated carbocycles. The maximum atomic E-state index is 12.9. The van der Waals surface area contributed by atoms with E-state index in [1.54, 1.807) is 17.1 Å². The van der Waals surface area contributed by atoms with Crippen molar-refractivity contribution in [1.29, 1.82) is 0 Å². The molecule has 26 heavy (non-hydrogen) atoms. The van der Waals surface area contributed by atoms with E-state index in [9.17, 15) is 4.79 Å². The summed E-state index contributed by atoms with van der Waals surface area (Å²) in [4.78, 5) is 17.0. The molecule has 1 aromatic carbocycles. The van der Waals surface area contributed by atoms with Crippen LogP contribution in [0.3, 0.4) is 0 Å². The fraction of sp³-hybridized carbons (Fsp3) is 0.250. The molecule has 0 saturated heterocycles. The minimum absolute atomic E-state index is 0.105. The Morgan fingerprint density at radius 2 is 2.08 bits per heavy atom. The van der Waals surface area contributed by atoms with Gasteiger partial charge in [-0.05, 0) is 43.5 Å². The smallest absolute Gasteiger partial charge is 0.255 e. The summed E-state index contributed by atoms with van der Waals surface area (Å²) in [5.74, 6) is 0.253. The first-order valence-corrected chi connectivity index (χ1v) is 9.04. The van der Waals surface area contributed by atoms with E-state index in [1.807, 2.05) is 43.3 Å². The molecule has 132 valence electrons. The van der Waals surface area contributed by atoms with E-state index < -0.39 is 0 Å². The zero-order valence-electron chi connectivity index (χ0n) is 14.4. The van der Waals surface area contributed by atoms with Gasteiger partial charge >= 0.3 is 0 Å². The number of carbonyl (C=O) groups excluding carboxylic acids is 1. The summed E-state index contributed by atoms with van der Waals surface area (Å²) in [5, 5.41) is 8.34. The second-order valence-corrected chi connectivity index (χ2v) is 6.93. The summed E-state index contributed by atoms with van der Waals surface area (Å²) < 4.78 is 1.79. The van der Waals surface area contributed by atoms with E-state index >= 15 is 0 Å². The van der Waals surface area contributed by atoms with Crippen LogP contribution in [-0.4, -0.2) is 20.7 Å². The Morgan fingerprint density at radius 3 is 2.77 bits per heavy atom. The molecule has 2 aromatic heterocycles. The average Bonchev–Trinajstić information content (AvgIpc) is 3.44. The molecule has 1 fully saturated rings. The van der Waals surface area contributed by atoms with E-state index in [0.29, 0.717) is 23.0 Å². The first kappa shape index (κ1) is 16.8. The monoisotopic (exact) mass is 366 g/mol. The highest BCUT2D eigenvalue weighted by molar-refractivity contribution is 6.32. The normalized spacial score (nSPS) is 13.6. The summed E-state index contributed by atoms with van der Waals surface area (Å²) in [7, 11) is 0.